The van der Waals surface area contributed by atoms with Gasteiger partial charge in [0, 0.05) is 6.61 Å². The molecule has 8 heteroatoms. The summed E-state index contributed by atoms with van der Waals surface area (Å²) in [6.07, 6.45) is 22.4. The van der Waals surface area contributed by atoms with Crippen LogP contribution in [0.1, 0.15) is 110 Å². The number of benzene rings is 1. The van der Waals surface area contributed by atoms with Crippen molar-refractivity contribution in [3.8, 4) is 5.75 Å². The molecule has 1 aromatic rings. The van der Waals surface area contributed by atoms with Crippen LogP contribution in [0.5, 0.6) is 5.75 Å². The molecule has 38 heavy (non-hydrogen) atoms. The molecule has 1 unspecified atom stereocenters. The van der Waals surface area contributed by atoms with Crippen molar-refractivity contribution < 1.29 is 28.0 Å². The number of para-hydroxylation sites is 1. The largest absolute Gasteiger partial charge is 0.527 e. The van der Waals surface area contributed by atoms with E-state index in [4.69, 9.17) is 30.1 Å². The number of hydrogen-bond donors (Lipinski definition) is 1. The summed E-state index contributed by atoms with van der Waals surface area (Å²) in [5.41, 5.74) is 0. The fraction of sp³-hybridized carbons (Fsp3) is 0.733. The standard InChI is InChI=1S/C30H52ClO6P/c1-3-5-6-7-8-9-10-11-12-13-14-15-16-17-18-21-25-34-26-28(35-24-4-2)27-36-38(32,33)37-30-23-20-19-22-29(30)31/h4,19-20,22-23,28H,2-3,5-18,21,24-27H2,1H3,(H,32,33)/t28-/m1/s1. The predicted octanol–water partition coefficient (Wildman–Crippen LogP) is 9.69. The molecule has 0 radical (unpaired) electrons. The summed E-state index contributed by atoms with van der Waals surface area (Å²) < 4.78 is 33.8. The van der Waals surface area contributed by atoms with E-state index in [0.717, 1.165) is 12.8 Å². The van der Waals surface area contributed by atoms with E-state index in [1.165, 1.54) is 96.0 Å². The Hall–Kier alpha value is -0.880. The first kappa shape index (κ1) is 35.1. The second kappa shape index (κ2) is 24.0. The molecule has 2 atom stereocenters. The van der Waals surface area contributed by atoms with Crippen molar-refractivity contribution in [2.24, 2.45) is 0 Å². The zero-order chi connectivity index (χ0) is 27.7. The number of phosphoric ester groups is 1. The van der Waals surface area contributed by atoms with Gasteiger partial charge in [-0.3, -0.25) is 9.42 Å². The van der Waals surface area contributed by atoms with Crippen molar-refractivity contribution in [3.05, 3.63) is 41.9 Å². The van der Waals surface area contributed by atoms with Gasteiger partial charge in [0.05, 0.1) is 24.8 Å². The number of ether oxygens (including phenoxy) is 2. The van der Waals surface area contributed by atoms with Gasteiger partial charge >= 0.3 is 7.82 Å². The van der Waals surface area contributed by atoms with Crippen LogP contribution in [0.3, 0.4) is 0 Å². The van der Waals surface area contributed by atoms with Crippen molar-refractivity contribution in [1.29, 1.82) is 0 Å². The first-order valence-corrected chi connectivity index (χ1v) is 16.6. The van der Waals surface area contributed by atoms with Gasteiger partial charge in [-0.15, -0.1) is 6.58 Å². The van der Waals surface area contributed by atoms with Crippen molar-refractivity contribution in [3.63, 3.8) is 0 Å². The summed E-state index contributed by atoms with van der Waals surface area (Å²) in [5, 5.41) is 0.229. The average Bonchev–Trinajstić information content (AvgIpc) is 2.90. The van der Waals surface area contributed by atoms with Crippen LogP contribution in [-0.4, -0.2) is 37.4 Å². The minimum absolute atomic E-state index is 0.0864. The summed E-state index contributed by atoms with van der Waals surface area (Å²) >= 11 is 5.98. The van der Waals surface area contributed by atoms with Gasteiger partial charge in [0.15, 0.2) is 0 Å². The molecule has 1 rings (SSSR count). The third kappa shape index (κ3) is 20.1. The van der Waals surface area contributed by atoms with E-state index in [-0.39, 0.29) is 30.6 Å². The molecule has 0 aromatic heterocycles. The van der Waals surface area contributed by atoms with Gasteiger partial charge in [0.25, 0.3) is 0 Å². The van der Waals surface area contributed by atoms with Gasteiger partial charge in [-0.25, -0.2) is 4.57 Å². The highest BCUT2D eigenvalue weighted by atomic mass is 35.5. The number of hydrogen-bond acceptors (Lipinski definition) is 5. The monoisotopic (exact) mass is 574 g/mol. The Labute approximate surface area is 237 Å². The molecule has 0 heterocycles. The van der Waals surface area contributed by atoms with Gasteiger partial charge in [-0.2, -0.15) is 0 Å². The zero-order valence-corrected chi connectivity index (χ0v) is 25.3. The summed E-state index contributed by atoms with van der Waals surface area (Å²) in [6, 6.07) is 6.43. The second-order valence-corrected chi connectivity index (χ2v) is 11.7. The van der Waals surface area contributed by atoms with E-state index in [1.807, 2.05) is 0 Å². The van der Waals surface area contributed by atoms with Crippen LogP contribution in [-0.2, 0) is 18.6 Å². The lowest BCUT2D eigenvalue weighted by Crippen LogP contribution is -2.26. The van der Waals surface area contributed by atoms with Crippen LogP contribution in [0.25, 0.3) is 0 Å². The van der Waals surface area contributed by atoms with E-state index in [9.17, 15) is 9.46 Å². The van der Waals surface area contributed by atoms with E-state index < -0.39 is 13.9 Å². The minimum atomic E-state index is -4.35. The Morgan fingerprint density at radius 1 is 0.868 bits per heavy atom. The minimum Gasteiger partial charge on any atom is -0.403 e. The summed E-state index contributed by atoms with van der Waals surface area (Å²) in [5.74, 6) is 0.0864. The van der Waals surface area contributed by atoms with Crippen LogP contribution in [0, 0.1) is 0 Å². The molecule has 0 fully saturated rings. The lowest BCUT2D eigenvalue weighted by molar-refractivity contribution is -0.0321. The number of unbranched alkanes of at least 4 members (excludes halogenated alkanes) is 15. The number of phosphoric acid groups is 1. The van der Waals surface area contributed by atoms with Gasteiger partial charge in [-0.05, 0) is 18.6 Å². The molecule has 0 saturated heterocycles. The maximum Gasteiger partial charge on any atom is 0.527 e. The number of rotatable bonds is 27. The van der Waals surface area contributed by atoms with E-state index in [1.54, 1.807) is 24.3 Å². The third-order valence-corrected chi connectivity index (χ3v) is 7.58. The highest BCUT2D eigenvalue weighted by Gasteiger charge is 2.26. The molecule has 220 valence electrons. The first-order valence-electron chi connectivity index (χ1n) is 14.7. The molecular weight excluding hydrogens is 523 g/mol. The second-order valence-electron chi connectivity index (χ2n) is 9.91. The Kier molecular flexibility index (Phi) is 22.2. The first-order chi connectivity index (χ1) is 18.5. The van der Waals surface area contributed by atoms with Crippen LogP contribution >= 0.6 is 19.4 Å². The Balaban J connectivity index is 2.03. The van der Waals surface area contributed by atoms with Crippen LogP contribution < -0.4 is 4.52 Å². The van der Waals surface area contributed by atoms with Crippen molar-refractivity contribution in [1.82, 2.24) is 0 Å². The molecule has 0 aliphatic carbocycles. The van der Waals surface area contributed by atoms with Crippen LogP contribution in [0.15, 0.2) is 36.9 Å². The molecule has 0 aliphatic heterocycles. The normalized spacial score (nSPS) is 13.8. The zero-order valence-electron chi connectivity index (χ0n) is 23.6. The molecule has 0 aliphatic rings. The molecule has 0 amide bonds. The molecule has 0 saturated carbocycles. The SMILES string of the molecule is C=CCO[C@H](COCCCCCCCCCCCCCCCCCC)COP(=O)(O)Oc1ccccc1Cl. The Bertz CT molecular complexity index is 747. The van der Waals surface area contributed by atoms with Crippen molar-refractivity contribution in [2.45, 2.75) is 116 Å². The lowest BCUT2D eigenvalue weighted by Gasteiger charge is -2.19. The van der Waals surface area contributed by atoms with Crippen LogP contribution in [0.4, 0.5) is 0 Å². The quantitative estimate of drug-likeness (QED) is 0.0640. The van der Waals surface area contributed by atoms with E-state index >= 15 is 0 Å². The molecular formula is C30H52ClO6P. The van der Waals surface area contributed by atoms with Gasteiger partial charge in [-0.1, -0.05) is 133 Å². The maximum atomic E-state index is 12.3. The fourth-order valence-electron chi connectivity index (χ4n) is 4.16. The summed E-state index contributed by atoms with van der Waals surface area (Å²) in [6.45, 7) is 6.94. The van der Waals surface area contributed by atoms with E-state index in [0.29, 0.717) is 6.61 Å². The smallest absolute Gasteiger partial charge is 0.403 e. The van der Waals surface area contributed by atoms with Gasteiger partial charge in [0.2, 0.25) is 0 Å². The van der Waals surface area contributed by atoms with E-state index in [2.05, 4.69) is 13.5 Å². The Morgan fingerprint density at radius 2 is 1.39 bits per heavy atom. The predicted molar refractivity (Wildman–Crippen MR) is 158 cm³/mol. The Morgan fingerprint density at radius 3 is 1.92 bits per heavy atom. The van der Waals surface area contributed by atoms with Gasteiger partial charge < -0.3 is 14.0 Å². The third-order valence-electron chi connectivity index (χ3n) is 6.37. The van der Waals surface area contributed by atoms with Crippen LogP contribution in [0.2, 0.25) is 5.02 Å². The van der Waals surface area contributed by atoms with Crippen molar-refractivity contribution >= 4 is 19.4 Å². The fourth-order valence-corrected chi connectivity index (χ4v) is 5.21. The summed E-state index contributed by atoms with van der Waals surface area (Å²) in [7, 11) is -4.35. The maximum absolute atomic E-state index is 12.3. The highest BCUT2D eigenvalue weighted by molar-refractivity contribution is 7.47. The van der Waals surface area contributed by atoms with Gasteiger partial charge in [0.1, 0.15) is 11.9 Å². The number of halogens is 1. The lowest BCUT2D eigenvalue weighted by atomic mass is 10.0. The summed E-state index contributed by atoms with van der Waals surface area (Å²) in [4.78, 5) is 10.0. The molecule has 0 spiro atoms. The molecule has 1 N–H and O–H groups in total. The topological polar surface area (TPSA) is 74.2 Å². The average molecular weight is 575 g/mol. The molecule has 6 nitrogen and oxygen atoms in total. The molecule has 1 aromatic carbocycles. The van der Waals surface area contributed by atoms with Crippen molar-refractivity contribution in [2.75, 3.05) is 26.4 Å². The highest BCUT2D eigenvalue weighted by Crippen LogP contribution is 2.45. The molecule has 0 bridgehead atoms.